The number of carbonyl (C=O) groups excluding carboxylic acids is 1. The van der Waals surface area contributed by atoms with Crippen molar-refractivity contribution in [1.82, 2.24) is 5.32 Å². The Bertz CT molecular complexity index is 676. The Hall–Kier alpha value is -1.81. The molecular formula is C18H21NO2S. The number of hydrogen-bond donors (Lipinski definition) is 1. The first-order valence-electron chi connectivity index (χ1n) is 7.54. The van der Waals surface area contributed by atoms with Crippen LogP contribution in [0.1, 0.15) is 42.3 Å². The molecule has 3 nitrogen and oxygen atoms in total. The minimum Gasteiger partial charge on any atom is -0.487 e. The monoisotopic (exact) mass is 315 g/mol. The molecule has 1 aromatic heterocycles. The second kappa shape index (κ2) is 5.76. The number of ether oxygens (including phenoxy) is 1. The fourth-order valence-corrected chi connectivity index (χ4v) is 3.61. The third-order valence-corrected chi connectivity index (χ3v) is 4.75. The maximum atomic E-state index is 12.3. The lowest BCUT2D eigenvalue weighted by Crippen LogP contribution is -2.41. The molecule has 0 saturated carbocycles. The molecule has 2 aromatic rings. The summed E-state index contributed by atoms with van der Waals surface area (Å²) >= 11 is 1.62. The zero-order valence-corrected chi connectivity index (χ0v) is 14.0. The molecule has 1 aliphatic rings. The first-order valence-corrected chi connectivity index (χ1v) is 8.42. The summed E-state index contributed by atoms with van der Waals surface area (Å²) in [6.45, 7) is 6.18. The zero-order valence-electron chi connectivity index (χ0n) is 13.2. The summed E-state index contributed by atoms with van der Waals surface area (Å²) in [5.41, 5.74) is 1.96. The fraction of sp³-hybridized carbons (Fsp3) is 0.389. The molecule has 116 valence electrons. The van der Waals surface area contributed by atoms with Crippen LogP contribution in [0.15, 0.2) is 35.7 Å². The van der Waals surface area contributed by atoms with E-state index in [9.17, 15) is 4.79 Å². The predicted octanol–water partition coefficient (Wildman–Crippen LogP) is 4.02. The topological polar surface area (TPSA) is 38.3 Å². The van der Waals surface area contributed by atoms with Gasteiger partial charge >= 0.3 is 0 Å². The van der Waals surface area contributed by atoms with Crippen LogP contribution in [0.25, 0.3) is 0 Å². The third kappa shape index (κ3) is 3.33. The molecule has 0 fully saturated rings. The van der Waals surface area contributed by atoms with Crippen LogP contribution in [0.5, 0.6) is 5.75 Å². The summed E-state index contributed by atoms with van der Waals surface area (Å²) in [6.07, 6.45) is 1.22. The molecule has 22 heavy (non-hydrogen) atoms. The molecule has 0 aliphatic carbocycles. The van der Waals surface area contributed by atoms with Crippen molar-refractivity contribution in [3.05, 3.63) is 51.7 Å². The number of aryl methyl sites for hydroxylation is 1. The Morgan fingerprint density at radius 2 is 2.23 bits per heavy atom. The molecule has 0 saturated heterocycles. The van der Waals surface area contributed by atoms with Gasteiger partial charge in [-0.2, -0.15) is 0 Å². The number of nitrogens with one attached hydrogen (secondary N) is 1. The van der Waals surface area contributed by atoms with E-state index in [1.165, 1.54) is 5.56 Å². The highest BCUT2D eigenvalue weighted by atomic mass is 32.1. The second-order valence-corrected chi connectivity index (χ2v) is 7.52. The van der Waals surface area contributed by atoms with E-state index in [0.717, 1.165) is 22.6 Å². The van der Waals surface area contributed by atoms with Crippen LogP contribution in [0.4, 0.5) is 0 Å². The lowest BCUT2D eigenvalue weighted by atomic mass is 9.89. The Balaban J connectivity index is 1.79. The highest BCUT2D eigenvalue weighted by molar-refractivity contribution is 7.10. The molecule has 1 N–H and O–H groups in total. The molecule has 3 rings (SSSR count). The summed E-state index contributed by atoms with van der Waals surface area (Å²) in [5, 5.41) is 5.17. The summed E-state index contributed by atoms with van der Waals surface area (Å²) in [7, 11) is 0. The molecule has 1 aliphatic heterocycles. The van der Waals surface area contributed by atoms with Gasteiger partial charge in [-0.15, -0.1) is 11.3 Å². The number of fused-ring (bicyclic) bond motifs is 1. The molecule has 0 bridgehead atoms. The van der Waals surface area contributed by atoms with Gasteiger partial charge in [-0.1, -0.05) is 18.2 Å². The average Bonchev–Trinajstić information content (AvgIpc) is 2.89. The van der Waals surface area contributed by atoms with Crippen molar-refractivity contribution in [3.63, 3.8) is 0 Å². The Kier molecular flexibility index (Phi) is 3.96. The van der Waals surface area contributed by atoms with Crippen molar-refractivity contribution in [1.29, 1.82) is 0 Å². The highest BCUT2D eigenvalue weighted by Crippen LogP contribution is 2.39. The van der Waals surface area contributed by atoms with Gasteiger partial charge in [-0.05, 0) is 43.8 Å². The van der Waals surface area contributed by atoms with E-state index in [1.54, 1.807) is 11.3 Å². The van der Waals surface area contributed by atoms with Gasteiger partial charge in [0.1, 0.15) is 11.4 Å². The van der Waals surface area contributed by atoms with Crippen LogP contribution < -0.4 is 10.1 Å². The number of carbonyl (C=O) groups is 1. The minimum absolute atomic E-state index is 0.00631. The van der Waals surface area contributed by atoms with Crippen molar-refractivity contribution in [2.45, 2.75) is 45.3 Å². The molecule has 1 atom stereocenters. The van der Waals surface area contributed by atoms with Gasteiger partial charge < -0.3 is 10.1 Å². The molecule has 1 amide bonds. The molecular weight excluding hydrogens is 294 g/mol. The minimum atomic E-state index is -0.276. The Morgan fingerprint density at radius 3 is 2.95 bits per heavy atom. The van der Waals surface area contributed by atoms with E-state index in [4.69, 9.17) is 4.74 Å². The fourth-order valence-electron chi connectivity index (χ4n) is 2.90. The SMILES string of the molecule is Cc1ccc2c(c1)OC(C)(C)CC2NC(=O)Cc1cccs1. The van der Waals surface area contributed by atoms with Crippen molar-refractivity contribution in [3.8, 4) is 5.75 Å². The van der Waals surface area contributed by atoms with Gasteiger partial charge in [-0.3, -0.25) is 4.79 Å². The van der Waals surface area contributed by atoms with Gasteiger partial charge in [0.05, 0.1) is 12.5 Å². The van der Waals surface area contributed by atoms with Crippen LogP contribution in [-0.2, 0) is 11.2 Å². The van der Waals surface area contributed by atoms with Crippen LogP contribution in [-0.4, -0.2) is 11.5 Å². The van der Waals surface area contributed by atoms with E-state index in [2.05, 4.69) is 44.3 Å². The van der Waals surface area contributed by atoms with Gasteiger partial charge in [0.15, 0.2) is 0 Å². The molecule has 0 spiro atoms. The van der Waals surface area contributed by atoms with Gasteiger partial charge in [0.25, 0.3) is 0 Å². The maximum Gasteiger partial charge on any atom is 0.225 e. The smallest absolute Gasteiger partial charge is 0.225 e. The number of rotatable bonds is 3. The Labute approximate surface area is 135 Å². The summed E-state index contributed by atoms with van der Waals surface area (Å²) in [4.78, 5) is 13.4. The molecule has 2 heterocycles. The average molecular weight is 315 g/mol. The molecule has 4 heteroatoms. The predicted molar refractivity (Wildman–Crippen MR) is 89.4 cm³/mol. The standard InChI is InChI=1S/C18H21NO2S/c1-12-6-7-14-15(11-18(2,3)21-16(14)9-12)19-17(20)10-13-5-4-8-22-13/h4-9,15H,10-11H2,1-3H3,(H,19,20). The van der Waals surface area contributed by atoms with Crippen molar-refractivity contribution in [2.75, 3.05) is 0 Å². The number of benzene rings is 1. The largest absolute Gasteiger partial charge is 0.487 e. The number of hydrogen-bond acceptors (Lipinski definition) is 3. The molecule has 0 radical (unpaired) electrons. The Morgan fingerprint density at radius 1 is 1.41 bits per heavy atom. The maximum absolute atomic E-state index is 12.3. The van der Waals surface area contributed by atoms with Crippen LogP contribution in [0.3, 0.4) is 0 Å². The van der Waals surface area contributed by atoms with Crippen molar-refractivity contribution >= 4 is 17.2 Å². The molecule has 1 aromatic carbocycles. The quantitative estimate of drug-likeness (QED) is 0.929. The van der Waals surface area contributed by atoms with Crippen molar-refractivity contribution in [2.24, 2.45) is 0 Å². The van der Waals surface area contributed by atoms with Gasteiger partial charge in [-0.25, -0.2) is 0 Å². The van der Waals surface area contributed by atoms with E-state index in [-0.39, 0.29) is 17.6 Å². The number of amides is 1. The van der Waals surface area contributed by atoms with E-state index >= 15 is 0 Å². The van der Waals surface area contributed by atoms with Gasteiger partial charge in [0, 0.05) is 16.9 Å². The first-order chi connectivity index (χ1) is 10.4. The zero-order chi connectivity index (χ0) is 15.7. The van der Waals surface area contributed by atoms with Crippen LogP contribution in [0.2, 0.25) is 0 Å². The number of thiophene rings is 1. The summed E-state index contributed by atoms with van der Waals surface area (Å²) in [5.74, 6) is 0.953. The van der Waals surface area contributed by atoms with E-state index in [1.807, 2.05) is 17.5 Å². The lowest BCUT2D eigenvalue weighted by Gasteiger charge is -2.38. The third-order valence-electron chi connectivity index (χ3n) is 3.88. The van der Waals surface area contributed by atoms with Crippen molar-refractivity contribution < 1.29 is 9.53 Å². The highest BCUT2D eigenvalue weighted by Gasteiger charge is 2.34. The van der Waals surface area contributed by atoms with E-state index in [0.29, 0.717) is 6.42 Å². The first kappa shape index (κ1) is 15.1. The van der Waals surface area contributed by atoms with E-state index < -0.39 is 0 Å². The normalized spacial score (nSPS) is 19.1. The lowest BCUT2D eigenvalue weighted by molar-refractivity contribution is -0.121. The van der Waals surface area contributed by atoms with Gasteiger partial charge in [0.2, 0.25) is 5.91 Å². The summed E-state index contributed by atoms with van der Waals surface area (Å²) in [6, 6.07) is 10.2. The van der Waals surface area contributed by atoms with Crippen LogP contribution in [0, 0.1) is 6.92 Å². The summed E-state index contributed by atoms with van der Waals surface area (Å²) < 4.78 is 6.07. The molecule has 1 unspecified atom stereocenters. The van der Waals surface area contributed by atoms with Crippen LogP contribution >= 0.6 is 11.3 Å². The second-order valence-electron chi connectivity index (χ2n) is 6.48.